The van der Waals surface area contributed by atoms with Crippen molar-refractivity contribution in [2.45, 2.75) is 72.5 Å². The van der Waals surface area contributed by atoms with Gasteiger partial charge < -0.3 is 14.8 Å². The molecule has 0 unspecified atom stereocenters. The van der Waals surface area contributed by atoms with Crippen LogP contribution in [-0.2, 0) is 19.1 Å². The maximum absolute atomic E-state index is 15.0. The fourth-order valence-corrected chi connectivity index (χ4v) is 3.55. The molecule has 1 aliphatic heterocycles. The molecule has 0 radical (unpaired) electrons. The first-order valence-electron chi connectivity index (χ1n) is 9.71. The van der Waals surface area contributed by atoms with Crippen molar-refractivity contribution < 1.29 is 23.5 Å². The normalized spacial score (nSPS) is 15.8. The Morgan fingerprint density at radius 3 is 1.73 bits per heavy atom. The molecule has 7 heteroatoms. The van der Waals surface area contributed by atoms with Crippen molar-refractivity contribution in [2.24, 2.45) is 0 Å². The van der Waals surface area contributed by atoms with Crippen molar-refractivity contribution >= 4 is 23.5 Å². The van der Waals surface area contributed by atoms with Crippen LogP contribution in [0.1, 0.15) is 66.9 Å². The molecule has 0 saturated heterocycles. The van der Waals surface area contributed by atoms with Gasteiger partial charge in [-0.2, -0.15) is 0 Å². The third-order valence-corrected chi connectivity index (χ3v) is 4.62. The number of halogens is 2. The molecule has 0 aliphatic carbocycles. The predicted molar refractivity (Wildman–Crippen MR) is 114 cm³/mol. The number of carbonyl (C=O) groups is 2. The summed E-state index contributed by atoms with van der Waals surface area (Å²) >= 11 is 6.35. The summed E-state index contributed by atoms with van der Waals surface area (Å²) in [6, 6.07) is 4.23. The lowest BCUT2D eigenvalue weighted by Gasteiger charge is -2.33. The number of dihydropyridines is 1. The monoisotopic (exact) mass is 437 g/mol. The van der Waals surface area contributed by atoms with Gasteiger partial charge in [-0.25, -0.2) is 14.0 Å². The van der Waals surface area contributed by atoms with Gasteiger partial charge >= 0.3 is 11.9 Å². The van der Waals surface area contributed by atoms with Crippen molar-refractivity contribution in [1.82, 2.24) is 5.32 Å². The first-order chi connectivity index (χ1) is 13.6. The van der Waals surface area contributed by atoms with Crippen LogP contribution in [0.4, 0.5) is 4.39 Å². The van der Waals surface area contributed by atoms with Gasteiger partial charge in [0, 0.05) is 22.0 Å². The number of carbonyl (C=O) groups excluding carboxylic acids is 2. The third-order valence-electron chi connectivity index (χ3n) is 4.29. The van der Waals surface area contributed by atoms with Crippen molar-refractivity contribution in [3.05, 3.63) is 57.1 Å². The fraction of sp³-hybridized carbons (Fsp3) is 0.478. The van der Waals surface area contributed by atoms with Crippen LogP contribution in [0, 0.1) is 5.82 Å². The van der Waals surface area contributed by atoms with Crippen LogP contribution >= 0.6 is 11.6 Å². The average molecular weight is 438 g/mol. The lowest BCUT2D eigenvalue weighted by atomic mass is 9.80. The van der Waals surface area contributed by atoms with Crippen molar-refractivity contribution in [3.8, 4) is 0 Å². The zero-order valence-corrected chi connectivity index (χ0v) is 19.5. The molecule has 0 saturated carbocycles. The molecule has 30 heavy (non-hydrogen) atoms. The number of ether oxygens (including phenoxy) is 2. The topological polar surface area (TPSA) is 64.6 Å². The molecule has 164 valence electrons. The Morgan fingerprint density at radius 2 is 1.37 bits per heavy atom. The lowest BCUT2D eigenvalue weighted by molar-refractivity contribution is -0.150. The molecule has 0 amide bonds. The standard InChI is InChI=1S/C23H29ClFNO4/c1-12-16(20(27)29-22(3,4)5)19(18-14(24)10-9-11-15(18)25)17(13(2)26-12)21(28)30-23(6,7)8/h9-11,19,26H,1-8H3. The van der Waals surface area contributed by atoms with E-state index in [1.54, 1.807) is 55.4 Å². The summed E-state index contributed by atoms with van der Waals surface area (Å²) in [5.41, 5.74) is -0.392. The fourth-order valence-electron chi connectivity index (χ4n) is 3.28. The molecule has 1 aromatic carbocycles. The summed E-state index contributed by atoms with van der Waals surface area (Å²) in [5.74, 6) is -3.03. The smallest absolute Gasteiger partial charge is 0.337 e. The number of nitrogens with one attached hydrogen (secondary N) is 1. The average Bonchev–Trinajstić information content (AvgIpc) is 2.50. The number of rotatable bonds is 3. The number of esters is 2. The maximum atomic E-state index is 15.0. The van der Waals surface area contributed by atoms with Gasteiger partial charge in [0.05, 0.1) is 17.1 Å². The Balaban J connectivity index is 2.74. The van der Waals surface area contributed by atoms with Gasteiger partial charge in [-0.05, 0) is 67.5 Å². The Kier molecular flexibility index (Phi) is 6.72. The zero-order valence-electron chi connectivity index (χ0n) is 18.7. The Morgan fingerprint density at radius 1 is 0.933 bits per heavy atom. The Labute approximate surface area is 182 Å². The van der Waals surface area contributed by atoms with Crippen LogP contribution in [0.5, 0.6) is 0 Å². The van der Waals surface area contributed by atoms with Gasteiger partial charge in [-0.15, -0.1) is 0 Å². The summed E-state index contributed by atoms with van der Waals surface area (Å²) in [5, 5.41) is 3.14. The van der Waals surface area contributed by atoms with Crippen LogP contribution < -0.4 is 5.32 Å². The van der Waals surface area contributed by atoms with Gasteiger partial charge in [0.2, 0.25) is 0 Å². The van der Waals surface area contributed by atoms with Gasteiger partial charge in [-0.1, -0.05) is 17.7 Å². The van der Waals surface area contributed by atoms with E-state index >= 15 is 0 Å². The second-order valence-electron chi connectivity index (χ2n) is 9.27. The molecule has 1 N–H and O–H groups in total. The molecule has 0 aromatic heterocycles. The van der Waals surface area contributed by atoms with E-state index in [0.29, 0.717) is 11.4 Å². The highest BCUT2D eigenvalue weighted by Gasteiger charge is 2.41. The first-order valence-corrected chi connectivity index (χ1v) is 10.1. The van der Waals surface area contributed by atoms with E-state index in [0.717, 1.165) is 0 Å². The number of allylic oxidation sites excluding steroid dienone is 2. The minimum absolute atomic E-state index is 0.0288. The minimum Gasteiger partial charge on any atom is -0.457 e. The number of benzene rings is 1. The quantitative estimate of drug-likeness (QED) is 0.641. The molecular formula is C23H29ClFNO4. The Hall–Kier alpha value is -2.34. The highest BCUT2D eigenvalue weighted by Crippen LogP contribution is 2.43. The zero-order chi connectivity index (χ0) is 23.0. The van der Waals surface area contributed by atoms with E-state index in [-0.39, 0.29) is 21.7 Å². The van der Waals surface area contributed by atoms with Crippen molar-refractivity contribution in [1.29, 1.82) is 0 Å². The number of hydrogen-bond donors (Lipinski definition) is 1. The highest BCUT2D eigenvalue weighted by molar-refractivity contribution is 6.31. The molecule has 1 aromatic rings. The van der Waals surface area contributed by atoms with E-state index in [1.165, 1.54) is 18.2 Å². The summed E-state index contributed by atoms with van der Waals surface area (Å²) < 4.78 is 26.1. The molecule has 5 nitrogen and oxygen atoms in total. The molecule has 1 heterocycles. The van der Waals surface area contributed by atoms with E-state index in [1.807, 2.05) is 0 Å². The van der Waals surface area contributed by atoms with E-state index in [9.17, 15) is 14.0 Å². The molecule has 0 fully saturated rings. The van der Waals surface area contributed by atoms with Crippen molar-refractivity contribution in [3.63, 3.8) is 0 Å². The summed E-state index contributed by atoms with van der Waals surface area (Å²) in [6.45, 7) is 13.8. The highest BCUT2D eigenvalue weighted by atomic mass is 35.5. The maximum Gasteiger partial charge on any atom is 0.337 e. The van der Waals surface area contributed by atoms with E-state index < -0.39 is 34.9 Å². The van der Waals surface area contributed by atoms with Gasteiger partial charge in [0.15, 0.2) is 0 Å². The molecule has 0 spiro atoms. The molecule has 0 bridgehead atoms. The van der Waals surface area contributed by atoms with Crippen LogP contribution in [-0.4, -0.2) is 23.1 Å². The van der Waals surface area contributed by atoms with E-state index in [4.69, 9.17) is 21.1 Å². The van der Waals surface area contributed by atoms with Crippen molar-refractivity contribution in [2.75, 3.05) is 0 Å². The second-order valence-corrected chi connectivity index (χ2v) is 9.68. The largest absolute Gasteiger partial charge is 0.457 e. The van der Waals surface area contributed by atoms with Crippen LogP contribution in [0.2, 0.25) is 5.02 Å². The number of hydrogen-bond acceptors (Lipinski definition) is 5. The molecule has 0 atom stereocenters. The SMILES string of the molecule is CC1=C(C(=O)OC(C)(C)C)C(c2c(F)cccc2Cl)C(C(=O)OC(C)(C)C)=C(C)N1. The second kappa shape index (κ2) is 8.42. The Bertz CT molecular complexity index is 865. The summed E-state index contributed by atoms with van der Waals surface area (Å²) in [7, 11) is 0. The van der Waals surface area contributed by atoms with Crippen LogP contribution in [0.3, 0.4) is 0 Å². The van der Waals surface area contributed by atoms with Crippen LogP contribution in [0.25, 0.3) is 0 Å². The molecule has 1 aliphatic rings. The predicted octanol–water partition coefficient (Wildman–Crippen LogP) is 5.40. The van der Waals surface area contributed by atoms with Gasteiger partial charge in [0.25, 0.3) is 0 Å². The van der Waals surface area contributed by atoms with Gasteiger partial charge in [0.1, 0.15) is 17.0 Å². The molecule has 2 rings (SSSR count). The molecular weight excluding hydrogens is 409 g/mol. The minimum atomic E-state index is -1.08. The third kappa shape index (κ3) is 5.42. The van der Waals surface area contributed by atoms with Gasteiger partial charge in [-0.3, -0.25) is 0 Å². The lowest BCUT2D eigenvalue weighted by Crippen LogP contribution is -2.36. The van der Waals surface area contributed by atoms with E-state index in [2.05, 4.69) is 5.32 Å². The first kappa shape index (κ1) is 23.9. The summed E-state index contributed by atoms with van der Waals surface area (Å²) in [6.07, 6.45) is 0. The summed E-state index contributed by atoms with van der Waals surface area (Å²) in [4.78, 5) is 26.3. The van der Waals surface area contributed by atoms with Crippen LogP contribution in [0.15, 0.2) is 40.7 Å².